The summed E-state index contributed by atoms with van der Waals surface area (Å²) in [5, 5.41) is 4.20. The topological polar surface area (TPSA) is 50.6 Å². The van der Waals surface area contributed by atoms with Crippen LogP contribution in [-0.2, 0) is 16.6 Å². The van der Waals surface area contributed by atoms with Gasteiger partial charge in [0, 0.05) is 46.0 Å². The molecule has 2 fully saturated rings. The number of aryl methyl sites for hydroxylation is 1. The number of carbonyl (C=O) groups excluding carboxylic acids is 1. The van der Waals surface area contributed by atoms with Gasteiger partial charge in [-0.2, -0.15) is 5.10 Å². The van der Waals surface area contributed by atoms with Gasteiger partial charge in [0.25, 0.3) is 0 Å². The number of carbonyl (C=O) groups is 1. The zero-order chi connectivity index (χ0) is 14.8. The largest absolute Gasteiger partial charge is 0.373 e. The first-order chi connectivity index (χ1) is 10.2. The van der Waals surface area contributed by atoms with Crippen LogP contribution in [0.3, 0.4) is 0 Å². The van der Waals surface area contributed by atoms with Crippen molar-refractivity contribution in [1.82, 2.24) is 14.7 Å². The summed E-state index contributed by atoms with van der Waals surface area (Å²) in [5.41, 5.74) is 1.12. The van der Waals surface area contributed by atoms with Gasteiger partial charge in [-0.15, -0.1) is 6.58 Å². The zero-order valence-corrected chi connectivity index (χ0v) is 12.4. The van der Waals surface area contributed by atoms with Gasteiger partial charge in [0.2, 0.25) is 5.91 Å². The molecule has 0 spiro atoms. The molecule has 0 aliphatic carbocycles. The highest BCUT2D eigenvalue weighted by molar-refractivity contribution is 5.80. The van der Waals surface area contributed by atoms with Crippen molar-refractivity contribution in [3.8, 4) is 0 Å². The van der Waals surface area contributed by atoms with E-state index in [1.807, 2.05) is 24.3 Å². The van der Waals surface area contributed by atoms with Gasteiger partial charge >= 0.3 is 0 Å². The van der Waals surface area contributed by atoms with Crippen LogP contribution in [0.5, 0.6) is 0 Å². The summed E-state index contributed by atoms with van der Waals surface area (Å²) in [6, 6.07) is 0. The Morgan fingerprint density at radius 1 is 1.43 bits per heavy atom. The molecule has 1 aromatic heterocycles. The maximum absolute atomic E-state index is 12.6. The van der Waals surface area contributed by atoms with Crippen LogP contribution in [0.1, 0.15) is 6.42 Å². The summed E-state index contributed by atoms with van der Waals surface area (Å²) in [5.74, 6) is 0.163. The number of nitrogens with zero attached hydrogens (tertiary/aromatic N) is 4. The molecule has 0 N–H and O–H groups in total. The van der Waals surface area contributed by atoms with Crippen molar-refractivity contribution >= 4 is 11.6 Å². The van der Waals surface area contributed by atoms with E-state index in [-0.39, 0.29) is 17.9 Å². The molecule has 1 amide bonds. The lowest BCUT2D eigenvalue weighted by molar-refractivity contribution is -0.136. The van der Waals surface area contributed by atoms with Crippen LogP contribution in [0.4, 0.5) is 5.69 Å². The first-order valence-electron chi connectivity index (χ1n) is 7.45. The summed E-state index contributed by atoms with van der Waals surface area (Å²) in [6.07, 6.45) is 6.32. The van der Waals surface area contributed by atoms with E-state index in [1.54, 1.807) is 10.8 Å². The van der Waals surface area contributed by atoms with Crippen LogP contribution in [0, 0.1) is 5.92 Å². The molecule has 2 aliphatic rings. The maximum Gasteiger partial charge on any atom is 0.228 e. The highest BCUT2D eigenvalue weighted by Crippen LogP contribution is 2.25. The number of hydrogen-bond acceptors (Lipinski definition) is 4. The first-order valence-corrected chi connectivity index (χ1v) is 7.45. The van der Waals surface area contributed by atoms with Gasteiger partial charge in [-0.3, -0.25) is 9.48 Å². The molecule has 6 nitrogen and oxygen atoms in total. The van der Waals surface area contributed by atoms with Crippen molar-refractivity contribution in [2.45, 2.75) is 12.5 Å². The van der Waals surface area contributed by atoms with Gasteiger partial charge in [-0.1, -0.05) is 6.08 Å². The third-order valence-electron chi connectivity index (χ3n) is 4.33. The summed E-state index contributed by atoms with van der Waals surface area (Å²) in [7, 11) is 1.92. The minimum Gasteiger partial charge on any atom is -0.373 e. The Balaban J connectivity index is 1.58. The van der Waals surface area contributed by atoms with Gasteiger partial charge in [0.05, 0.1) is 23.9 Å². The predicted octanol–water partition coefficient (Wildman–Crippen LogP) is 0.660. The molecule has 0 saturated carbocycles. The second kappa shape index (κ2) is 5.89. The van der Waals surface area contributed by atoms with Crippen molar-refractivity contribution in [3.63, 3.8) is 0 Å². The molecule has 2 atom stereocenters. The lowest BCUT2D eigenvalue weighted by atomic mass is 9.99. The molecule has 21 heavy (non-hydrogen) atoms. The smallest absolute Gasteiger partial charge is 0.228 e. The van der Waals surface area contributed by atoms with E-state index in [0.717, 1.165) is 38.3 Å². The molecule has 0 aromatic carbocycles. The van der Waals surface area contributed by atoms with E-state index in [9.17, 15) is 4.79 Å². The molecule has 1 aromatic rings. The minimum atomic E-state index is -0.117. The molecule has 2 saturated heterocycles. The van der Waals surface area contributed by atoms with E-state index < -0.39 is 0 Å². The van der Waals surface area contributed by atoms with Gasteiger partial charge in [-0.25, -0.2) is 0 Å². The monoisotopic (exact) mass is 290 g/mol. The molecule has 114 valence electrons. The predicted molar refractivity (Wildman–Crippen MR) is 80.0 cm³/mol. The van der Waals surface area contributed by atoms with Crippen LogP contribution >= 0.6 is 0 Å². The molecule has 2 aliphatic heterocycles. The Kier molecular flexibility index (Phi) is 3.96. The Morgan fingerprint density at radius 2 is 2.19 bits per heavy atom. The third kappa shape index (κ3) is 2.81. The number of aromatic nitrogens is 2. The first kappa shape index (κ1) is 14.1. The lowest BCUT2D eigenvalue weighted by Crippen LogP contribution is -2.51. The molecule has 0 radical (unpaired) electrons. The average molecular weight is 290 g/mol. The Morgan fingerprint density at radius 3 is 2.81 bits per heavy atom. The molecule has 0 bridgehead atoms. The fourth-order valence-electron chi connectivity index (χ4n) is 3.10. The quantitative estimate of drug-likeness (QED) is 0.767. The zero-order valence-electron chi connectivity index (χ0n) is 12.4. The van der Waals surface area contributed by atoms with Crippen molar-refractivity contribution in [1.29, 1.82) is 0 Å². The van der Waals surface area contributed by atoms with Crippen LogP contribution in [-0.4, -0.2) is 59.5 Å². The van der Waals surface area contributed by atoms with Crippen LogP contribution in [0.15, 0.2) is 25.0 Å². The number of anilines is 1. The summed E-state index contributed by atoms with van der Waals surface area (Å²) in [4.78, 5) is 16.8. The van der Waals surface area contributed by atoms with Crippen molar-refractivity contribution in [2.75, 3.05) is 37.7 Å². The van der Waals surface area contributed by atoms with Crippen molar-refractivity contribution in [2.24, 2.45) is 13.0 Å². The van der Waals surface area contributed by atoms with Gasteiger partial charge in [-0.05, 0) is 6.42 Å². The van der Waals surface area contributed by atoms with E-state index in [0.29, 0.717) is 6.61 Å². The Bertz CT molecular complexity index is 519. The van der Waals surface area contributed by atoms with Crippen molar-refractivity contribution in [3.05, 3.63) is 25.0 Å². The number of rotatable bonds is 3. The summed E-state index contributed by atoms with van der Waals surface area (Å²) in [6.45, 7) is 7.63. The van der Waals surface area contributed by atoms with Crippen LogP contribution in [0.2, 0.25) is 0 Å². The minimum absolute atomic E-state index is 0.0487. The lowest BCUT2D eigenvalue weighted by Gasteiger charge is -2.36. The van der Waals surface area contributed by atoms with E-state index in [4.69, 9.17) is 4.74 Å². The maximum atomic E-state index is 12.6. The highest BCUT2D eigenvalue weighted by atomic mass is 16.5. The number of ether oxygens (including phenoxy) is 1. The number of amides is 1. The van der Waals surface area contributed by atoms with E-state index in [1.165, 1.54) is 0 Å². The number of hydrogen-bond donors (Lipinski definition) is 0. The molecule has 3 heterocycles. The Hall–Kier alpha value is -1.82. The van der Waals surface area contributed by atoms with Crippen molar-refractivity contribution < 1.29 is 9.53 Å². The molecule has 6 heteroatoms. The summed E-state index contributed by atoms with van der Waals surface area (Å²) < 4.78 is 7.34. The fourth-order valence-corrected chi connectivity index (χ4v) is 3.10. The molecular weight excluding hydrogens is 268 g/mol. The third-order valence-corrected chi connectivity index (χ3v) is 4.33. The van der Waals surface area contributed by atoms with Crippen LogP contribution < -0.4 is 4.90 Å². The SMILES string of the molecule is C=C[C@@H]1OCC[C@H]1C(=O)N1CCN(c2cnn(C)c2)CC1. The highest BCUT2D eigenvalue weighted by Gasteiger charge is 2.35. The van der Waals surface area contributed by atoms with Gasteiger partial charge < -0.3 is 14.5 Å². The Labute approximate surface area is 125 Å². The molecule has 3 rings (SSSR count). The second-order valence-electron chi connectivity index (χ2n) is 5.65. The van der Waals surface area contributed by atoms with Crippen LogP contribution in [0.25, 0.3) is 0 Å². The molecular formula is C15H22N4O2. The summed E-state index contributed by atoms with van der Waals surface area (Å²) >= 11 is 0. The second-order valence-corrected chi connectivity index (χ2v) is 5.65. The standard InChI is InChI=1S/C15H22N4O2/c1-3-14-13(4-9-21-14)15(20)19-7-5-18(6-8-19)12-10-16-17(2)11-12/h3,10-11,13-14H,1,4-9H2,2H3/t13-,14+/m1/s1. The average Bonchev–Trinajstić information content (AvgIpc) is 3.15. The van der Waals surface area contributed by atoms with Gasteiger partial charge in [0.1, 0.15) is 0 Å². The normalized spacial score (nSPS) is 26.1. The van der Waals surface area contributed by atoms with E-state index >= 15 is 0 Å². The number of piperazine rings is 1. The van der Waals surface area contributed by atoms with E-state index in [2.05, 4.69) is 16.6 Å². The van der Waals surface area contributed by atoms with Gasteiger partial charge in [0.15, 0.2) is 0 Å². The molecule has 0 unspecified atom stereocenters. The fraction of sp³-hybridized carbons (Fsp3) is 0.600.